The molecule has 18 heavy (non-hydrogen) atoms. The molecule has 0 unspecified atom stereocenters. The first-order valence-electron chi connectivity index (χ1n) is 5.89. The summed E-state index contributed by atoms with van der Waals surface area (Å²) in [6.45, 7) is 1.74. The van der Waals surface area contributed by atoms with E-state index in [2.05, 4.69) is 11.1 Å². The number of benzene rings is 1. The minimum atomic E-state index is 0.155. The zero-order valence-electron chi connectivity index (χ0n) is 9.82. The number of aryl methyl sites for hydroxylation is 2. The summed E-state index contributed by atoms with van der Waals surface area (Å²) in [5.41, 5.74) is 0.191. The Bertz CT molecular complexity index is 696. The number of rotatable bonds is 4. The van der Waals surface area contributed by atoms with E-state index in [4.69, 9.17) is 0 Å². The number of nitrogens with zero attached hydrogens (tertiary/aromatic N) is 3. The molecule has 0 aliphatic rings. The summed E-state index contributed by atoms with van der Waals surface area (Å²) in [6.07, 6.45) is 6.51. The van der Waals surface area contributed by atoms with Gasteiger partial charge in [0.15, 0.2) is 0 Å². The minimum absolute atomic E-state index is 0.155. The molecule has 0 aliphatic carbocycles. The molecule has 2 aromatic heterocycles. The van der Waals surface area contributed by atoms with Gasteiger partial charge in [0.1, 0.15) is 0 Å². The van der Waals surface area contributed by atoms with Gasteiger partial charge in [0, 0.05) is 0 Å². The van der Waals surface area contributed by atoms with Crippen molar-refractivity contribution < 1.29 is 0 Å². The Morgan fingerprint density at radius 2 is 2.11 bits per heavy atom. The molecule has 2 heterocycles. The predicted octanol–water partition coefficient (Wildman–Crippen LogP) is 1.35. The molecule has 0 aliphatic heterocycles. The van der Waals surface area contributed by atoms with Crippen LogP contribution in [0.5, 0.6) is 0 Å². The van der Waals surface area contributed by atoms with Crippen molar-refractivity contribution >= 4 is 24.4 Å². The van der Waals surface area contributed by atoms with Crippen LogP contribution in [0.3, 0.4) is 0 Å². The topological polar surface area (TPSA) is 39.8 Å². The molecule has 1 aromatic carbocycles. The van der Waals surface area contributed by atoms with Crippen molar-refractivity contribution in [3.8, 4) is 0 Å². The summed E-state index contributed by atoms with van der Waals surface area (Å²) in [6, 6.07) is 7.92. The number of hydrogen-bond acceptors (Lipinski definition) is 2. The van der Waals surface area contributed by atoms with Crippen molar-refractivity contribution in [3.63, 3.8) is 0 Å². The number of imidazole rings is 1. The second-order valence-electron chi connectivity index (χ2n) is 4.15. The van der Waals surface area contributed by atoms with E-state index in [1.165, 1.54) is 4.26 Å². The van der Waals surface area contributed by atoms with E-state index >= 15 is 0 Å². The normalized spacial score (nSPS) is 11.1. The molecule has 5 heteroatoms. The molecule has 0 radical (unpaired) electrons. The average molecular weight is 306 g/mol. The van der Waals surface area contributed by atoms with Gasteiger partial charge in [0.25, 0.3) is 0 Å². The first kappa shape index (κ1) is 11.5. The molecular weight excluding hydrogens is 293 g/mol. The van der Waals surface area contributed by atoms with Gasteiger partial charge in [-0.1, -0.05) is 0 Å². The van der Waals surface area contributed by atoms with Gasteiger partial charge in [0.05, 0.1) is 0 Å². The van der Waals surface area contributed by atoms with Crippen LogP contribution >= 0.6 is 0 Å². The number of fused-ring (bicyclic) bond motifs is 1. The van der Waals surface area contributed by atoms with Gasteiger partial charge in [-0.05, 0) is 0 Å². The van der Waals surface area contributed by atoms with Crippen LogP contribution in [0, 0.1) is 0 Å². The van der Waals surface area contributed by atoms with Crippen molar-refractivity contribution in [3.05, 3.63) is 53.3 Å². The van der Waals surface area contributed by atoms with Crippen LogP contribution in [0.15, 0.2) is 47.8 Å². The van der Waals surface area contributed by atoms with Crippen LogP contribution in [-0.4, -0.2) is 27.8 Å². The van der Waals surface area contributed by atoms with E-state index < -0.39 is 0 Å². The second kappa shape index (κ2) is 4.96. The molecule has 0 saturated heterocycles. The van der Waals surface area contributed by atoms with Crippen molar-refractivity contribution in [2.75, 3.05) is 0 Å². The fourth-order valence-electron chi connectivity index (χ4n) is 1.98. The van der Waals surface area contributed by atoms with Gasteiger partial charge in [-0.3, -0.25) is 0 Å². The van der Waals surface area contributed by atoms with Crippen molar-refractivity contribution in [1.29, 1.82) is 0 Å². The third kappa shape index (κ3) is 2.19. The van der Waals surface area contributed by atoms with Gasteiger partial charge < -0.3 is 0 Å². The van der Waals surface area contributed by atoms with Crippen molar-refractivity contribution in [1.82, 2.24) is 13.1 Å². The van der Waals surface area contributed by atoms with Gasteiger partial charge in [-0.15, -0.1) is 0 Å². The standard InChI is InChI=1S/C13H13N3OSe/c17-13-11-4-1-2-5-12(11)18-16(13)8-3-7-15-9-6-14-10-15/h1-2,4-6,9-10H,3,7-8H2. The Labute approximate surface area is 110 Å². The van der Waals surface area contributed by atoms with Gasteiger partial charge >= 0.3 is 110 Å². The van der Waals surface area contributed by atoms with Crippen LogP contribution in [0.1, 0.15) is 6.42 Å². The monoisotopic (exact) mass is 307 g/mol. The molecule has 92 valence electrons. The summed E-state index contributed by atoms with van der Waals surface area (Å²) in [5, 5.41) is 0.889. The summed E-state index contributed by atoms with van der Waals surface area (Å²) >= 11 is 0.155. The number of hydrogen-bond donors (Lipinski definition) is 0. The Morgan fingerprint density at radius 1 is 1.22 bits per heavy atom. The molecule has 0 saturated carbocycles. The molecule has 0 spiro atoms. The van der Waals surface area contributed by atoms with E-state index in [0.717, 1.165) is 24.9 Å². The third-order valence-corrected chi connectivity index (χ3v) is 5.24. The van der Waals surface area contributed by atoms with Gasteiger partial charge in [0.2, 0.25) is 0 Å². The first-order valence-corrected chi connectivity index (χ1v) is 7.51. The molecule has 3 rings (SSSR count). The van der Waals surface area contributed by atoms with E-state index in [9.17, 15) is 4.79 Å². The zero-order chi connectivity index (χ0) is 12.4. The van der Waals surface area contributed by atoms with Crippen molar-refractivity contribution in [2.24, 2.45) is 0 Å². The average Bonchev–Trinajstić information content (AvgIpc) is 3.00. The quantitative estimate of drug-likeness (QED) is 0.683. The van der Waals surface area contributed by atoms with Crippen LogP contribution in [-0.2, 0) is 13.1 Å². The molecule has 3 aromatic rings. The molecule has 0 fully saturated rings. The molecule has 4 nitrogen and oxygen atoms in total. The molecule has 0 amide bonds. The summed E-state index contributed by atoms with van der Waals surface area (Å²) < 4.78 is 5.23. The zero-order valence-corrected chi connectivity index (χ0v) is 11.5. The maximum absolute atomic E-state index is 12.1. The van der Waals surface area contributed by atoms with E-state index in [1.54, 1.807) is 6.20 Å². The molecule has 0 N–H and O–H groups in total. The fraction of sp³-hybridized carbons (Fsp3) is 0.231. The van der Waals surface area contributed by atoms with E-state index in [-0.39, 0.29) is 20.3 Å². The summed E-state index contributed by atoms with van der Waals surface area (Å²) in [4.78, 5) is 16.1. The van der Waals surface area contributed by atoms with Crippen LogP contribution in [0.4, 0.5) is 0 Å². The summed E-state index contributed by atoms with van der Waals surface area (Å²) in [7, 11) is 0. The van der Waals surface area contributed by atoms with Gasteiger partial charge in [-0.2, -0.15) is 0 Å². The maximum atomic E-state index is 12.1. The van der Waals surface area contributed by atoms with Crippen LogP contribution < -0.4 is 5.56 Å². The van der Waals surface area contributed by atoms with Crippen LogP contribution in [0.25, 0.3) is 9.65 Å². The van der Waals surface area contributed by atoms with Crippen LogP contribution in [0.2, 0.25) is 0 Å². The van der Waals surface area contributed by atoms with E-state index in [0.29, 0.717) is 0 Å². The molecule has 0 atom stereocenters. The second-order valence-corrected chi connectivity index (χ2v) is 6.38. The Hall–Kier alpha value is -1.58. The summed E-state index contributed by atoms with van der Waals surface area (Å²) in [5.74, 6) is 0. The SMILES string of the molecule is O=c1c2ccccc2[se]n1CCCn1ccnc1. The van der Waals surface area contributed by atoms with E-state index in [1.807, 2.05) is 38.9 Å². The number of aromatic nitrogens is 3. The predicted molar refractivity (Wildman–Crippen MR) is 72.0 cm³/mol. The van der Waals surface area contributed by atoms with Crippen molar-refractivity contribution in [2.45, 2.75) is 19.5 Å². The Morgan fingerprint density at radius 3 is 2.89 bits per heavy atom. The molecule has 0 bridgehead atoms. The Balaban J connectivity index is 1.75. The first-order chi connectivity index (χ1) is 8.84. The molecular formula is C13H13N3OSe. The third-order valence-electron chi connectivity index (χ3n) is 2.89. The Kier molecular flexibility index (Phi) is 3.17. The fourth-order valence-corrected chi connectivity index (χ4v) is 4.15. The van der Waals surface area contributed by atoms with Gasteiger partial charge in [-0.25, -0.2) is 0 Å².